The van der Waals surface area contributed by atoms with Gasteiger partial charge in [0.2, 0.25) is 0 Å². The van der Waals surface area contributed by atoms with Gasteiger partial charge in [0, 0.05) is 17.1 Å². The van der Waals surface area contributed by atoms with Crippen molar-refractivity contribution in [1.82, 2.24) is 25.2 Å². The molecule has 1 N–H and O–H groups in total. The van der Waals surface area contributed by atoms with Crippen molar-refractivity contribution in [2.45, 2.75) is 0 Å². The monoisotopic (exact) mass is 289 g/mol. The van der Waals surface area contributed by atoms with Gasteiger partial charge in [0.25, 0.3) is 0 Å². The minimum Gasteiger partial charge on any atom is -0.360 e. The molecule has 2 heterocycles. The summed E-state index contributed by atoms with van der Waals surface area (Å²) in [5.41, 5.74) is 1.93. The van der Waals surface area contributed by atoms with E-state index in [1.807, 2.05) is 48.5 Å². The van der Waals surface area contributed by atoms with E-state index >= 15 is 0 Å². The van der Waals surface area contributed by atoms with Crippen LogP contribution in [0.2, 0.25) is 0 Å². The van der Waals surface area contributed by atoms with E-state index in [0.717, 1.165) is 11.2 Å². The minimum absolute atomic E-state index is 0.0960. The Balaban J connectivity index is 1.96. The van der Waals surface area contributed by atoms with Crippen molar-refractivity contribution in [3.05, 3.63) is 71.0 Å². The molecule has 0 spiro atoms. The number of aromatic nitrogens is 5. The first-order valence-corrected chi connectivity index (χ1v) is 6.79. The summed E-state index contributed by atoms with van der Waals surface area (Å²) < 4.78 is 1.55. The van der Waals surface area contributed by atoms with Gasteiger partial charge in [0.1, 0.15) is 0 Å². The van der Waals surface area contributed by atoms with Crippen LogP contribution in [0.1, 0.15) is 0 Å². The van der Waals surface area contributed by atoms with Crippen LogP contribution < -0.4 is 5.43 Å². The fraction of sp³-hybridized carbons (Fsp3) is 0. The molecule has 0 aliphatic heterocycles. The number of benzene rings is 2. The third-order valence-electron chi connectivity index (χ3n) is 3.50. The van der Waals surface area contributed by atoms with Crippen molar-refractivity contribution in [2.75, 3.05) is 0 Å². The molecule has 0 aliphatic carbocycles. The Kier molecular flexibility index (Phi) is 2.79. The molecule has 6 heteroatoms. The van der Waals surface area contributed by atoms with Crippen molar-refractivity contribution < 1.29 is 0 Å². The van der Waals surface area contributed by atoms with E-state index < -0.39 is 0 Å². The third kappa shape index (κ3) is 1.89. The Bertz CT molecular complexity index is 1000. The summed E-state index contributed by atoms with van der Waals surface area (Å²) in [6.45, 7) is 0. The van der Waals surface area contributed by atoms with Crippen molar-refractivity contribution in [1.29, 1.82) is 0 Å². The van der Waals surface area contributed by atoms with Gasteiger partial charge in [-0.1, -0.05) is 30.3 Å². The molecule has 0 aliphatic rings. The molecule has 0 radical (unpaired) electrons. The molecule has 2 aromatic carbocycles. The second-order valence-corrected chi connectivity index (χ2v) is 4.83. The van der Waals surface area contributed by atoms with Gasteiger partial charge in [-0.05, 0) is 34.7 Å². The second-order valence-electron chi connectivity index (χ2n) is 4.83. The number of pyridine rings is 1. The lowest BCUT2D eigenvalue weighted by Gasteiger charge is -2.05. The number of fused-ring (bicyclic) bond motifs is 1. The normalized spacial score (nSPS) is 10.9. The zero-order valence-corrected chi connectivity index (χ0v) is 11.5. The quantitative estimate of drug-likeness (QED) is 0.613. The van der Waals surface area contributed by atoms with Crippen LogP contribution in [0.5, 0.6) is 0 Å². The van der Waals surface area contributed by atoms with E-state index in [9.17, 15) is 4.79 Å². The Labute approximate surface area is 125 Å². The molecule has 0 saturated carbocycles. The predicted octanol–water partition coefficient (Wildman–Crippen LogP) is 2.17. The maximum absolute atomic E-state index is 12.7. The van der Waals surface area contributed by atoms with Crippen molar-refractivity contribution in [3.63, 3.8) is 0 Å². The highest BCUT2D eigenvalue weighted by atomic mass is 16.1. The number of hydrogen-bond acceptors (Lipinski definition) is 4. The average Bonchev–Trinajstić information content (AvgIpc) is 3.06. The Morgan fingerprint density at radius 3 is 2.59 bits per heavy atom. The minimum atomic E-state index is -0.0960. The highest BCUT2D eigenvalue weighted by Crippen LogP contribution is 2.17. The first-order chi connectivity index (χ1) is 10.8. The zero-order chi connectivity index (χ0) is 14.9. The molecule has 4 aromatic rings. The van der Waals surface area contributed by atoms with Gasteiger partial charge in [0.15, 0.2) is 11.3 Å². The summed E-state index contributed by atoms with van der Waals surface area (Å²) in [4.78, 5) is 15.8. The van der Waals surface area contributed by atoms with Gasteiger partial charge >= 0.3 is 0 Å². The van der Waals surface area contributed by atoms with Crippen LogP contribution in [0.3, 0.4) is 0 Å². The molecule has 106 valence electrons. The maximum atomic E-state index is 12.7. The molecule has 4 rings (SSSR count). The Morgan fingerprint density at radius 1 is 0.955 bits per heavy atom. The van der Waals surface area contributed by atoms with Crippen LogP contribution in [0.15, 0.2) is 65.6 Å². The summed E-state index contributed by atoms with van der Waals surface area (Å²) in [5.74, 6) is 0.415. The molecule has 0 fully saturated rings. The number of H-pyrrole nitrogens is 1. The Hall–Kier alpha value is -3.28. The van der Waals surface area contributed by atoms with E-state index in [2.05, 4.69) is 20.5 Å². The largest absolute Gasteiger partial charge is 0.360 e. The smallest absolute Gasteiger partial charge is 0.200 e. The molecule has 0 bridgehead atoms. The zero-order valence-electron chi connectivity index (χ0n) is 11.5. The number of para-hydroxylation sites is 2. The molecule has 0 amide bonds. The van der Waals surface area contributed by atoms with E-state index in [1.165, 1.54) is 0 Å². The molecule has 0 unspecified atom stereocenters. The first-order valence-electron chi connectivity index (χ1n) is 6.79. The lowest BCUT2D eigenvalue weighted by molar-refractivity contribution is 0.791. The summed E-state index contributed by atoms with van der Waals surface area (Å²) in [6.07, 6.45) is 1.65. The van der Waals surface area contributed by atoms with E-state index in [4.69, 9.17) is 0 Å². The lowest BCUT2D eigenvalue weighted by Crippen LogP contribution is -2.10. The summed E-state index contributed by atoms with van der Waals surface area (Å²) in [6, 6.07) is 16.8. The fourth-order valence-corrected chi connectivity index (χ4v) is 2.43. The van der Waals surface area contributed by atoms with Gasteiger partial charge in [-0.2, -0.15) is 4.68 Å². The van der Waals surface area contributed by atoms with E-state index in [-0.39, 0.29) is 5.43 Å². The molecular formula is C16H11N5O. The fourth-order valence-electron chi connectivity index (χ4n) is 2.43. The van der Waals surface area contributed by atoms with Gasteiger partial charge in [-0.25, -0.2) is 0 Å². The lowest BCUT2D eigenvalue weighted by atomic mass is 10.1. The number of rotatable bonds is 2. The summed E-state index contributed by atoms with van der Waals surface area (Å²) in [5, 5.41) is 12.3. The maximum Gasteiger partial charge on any atom is 0.200 e. The van der Waals surface area contributed by atoms with Crippen LogP contribution in [0.4, 0.5) is 0 Å². The molecule has 6 nitrogen and oxygen atoms in total. The molecular weight excluding hydrogens is 278 g/mol. The van der Waals surface area contributed by atoms with Crippen LogP contribution >= 0.6 is 0 Å². The van der Waals surface area contributed by atoms with Crippen molar-refractivity contribution in [3.8, 4) is 17.1 Å². The Morgan fingerprint density at radius 2 is 1.73 bits per heavy atom. The van der Waals surface area contributed by atoms with Gasteiger partial charge < -0.3 is 4.98 Å². The number of hydrogen-bond donors (Lipinski definition) is 1. The van der Waals surface area contributed by atoms with Crippen molar-refractivity contribution >= 4 is 10.9 Å². The standard InChI is InChI=1S/C16H11N5O/c22-15-12-8-4-5-9-14(12)17-10-13(15)16-18-19-20-21(16)11-6-2-1-3-7-11/h1-10H,(H,17,22). The van der Waals surface area contributed by atoms with Crippen LogP contribution in [0.25, 0.3) is 28.0 Å². The number of nitrogens with one attached hydrogen (secondary N) is 1. The third-order valence-corrected chi connectivity index (χ3v) is 3.50. The van der Waals surface area contributed by atoms with Gasteiger partial charge in [0.05, 0.1) is 11.3 Å². The summed E-state index contributed by atoms with van der Waals surface area (Å²) in [7, 11) is 0. The van der Waals surface area contributed by atoms with Crippen LogP contribution in [-0.4, -0.2) is 25.2 Å². The van der Waals surface area contributed by atoms with Crippen LogP contribution in [-0.2, 0) is 0 Å². The molecule has 22 heavy (non-hydrogen) atoms. The van der Waals surface area contributed by atoms with Crippen molar-refractivity contribution in [2.24, 2.45) is 0 Å². The second kappa shape index (κ2) is 4.92. The van der Waals surface area contributed by atoms with E-state index in [0.29, 0.717) is 16.8 Å². The summed E-state index contributed by atoms with van der Waals surface area (Å²) >= 11 is 0. The number of aromatic amines is 1. The average molecular weight is 289 g/mol. The SMILES string of the molecule is O=c1c(-c2nnnn2-c2ccccc2)c[nH]c2ccccc12. The first kappa shape index (κ1) is 12.5. The van der Waals surface area contributed by atoms with Gasteiger partial charge in [-0.3, -0.25) is 4.79 Å². The highest BCUT2D eigenvalue weighted by Gasteiger charge is 2.15. The number of tetrazole rings is 1. The topological polar surface area (TPSA) is 76.5 Å². The highest BCUT2D eigenvalue weighted by molar-refractivity contribution is 5.82. The number of nitrogens with zero attached hydrogens (tertiary/aromatic N) is 4. The molecule has 2 aromatic heterocycles. The molecule has 0 atom stereocenters. The van der Waals surface area contributed by atoms with E-state index in [1.54, 1.807) is 16.9 Å². The molecule has 0 saturated heterocycles. The predicted molar refractivity (Wildman–Crippen MR) is 82.7 cm³/mol. The van der Waals surface area contributed by atoms with Crippen LogP contribution in [0, 0.1) is 0 Å². The van der Waals surface area contributed by atoms with Gasteiger partial charge in [-0.15, -0.1) is 5.10 Å².